The zero-order valence-electron chi connectivity index (χ0n) is 10.4. The Morgan fingerprint density at radius 3 is 2.84 bits per heavy atom. The van der Waals surface area contributed by atoms with Gasteiger partial charge in [-0.1, -0.05) is 30.0 Å². The highest BCUT2D eigenvalue weighted by atomic mass is 16.2. The van der Waals surface area contributed by atoms with Gasteiger partial charge in [-0.15, -0.1) is 0 Å². The molecular weight excluding hydrogens is 240 g/mol. The number of nitrogens with zero attached hydrogens (tertiary/aromatic N) is 2. The molecule has 2 rings (SSSR count). The SMILES string of the molecule is O=c1cccnn1Cc1ccccc1C#CCCO. The first-order valence-electron chi connectivity index (χ1n) is 6.01. The average Bonchev–Trinajstić information content (AvgIpc) is 2.43. The van der Waals surface area contributed by atoms with Crippen molar-refractivity contribution in [2.24, 2.45) is 0 Å². The van der Waals surface area contributed by atoms with Crippen LogP contribution in [0.1, 0.15) is 17.5 Å². The molecule has 1 aromatic carbocycles. The first kappa shape index (κ1) is 13.1. The number of benzene rings is 1. The maximum Gasteiger partial charge on any atom is 0.267 e. The van der Waals surface area contributed by atoms with Crippen LogP contribution in [0.5, 0.6) is 0 Å². The molecule has 0 fully saturated rings. The van der Waals surface area contributed by atoms with E-state index in [0.717, 1.165) is 11.1 Å². The van der Waals surface area contributed by atoms with Gasteiger partial charge in [-0.05, 0) is 17.7 Å². The van der Waals surface area contributed by atoms with E-state index in [1.165, 1.54) is 10.7 Å². The van der Waals surface area contributed by atoms with Gasteiger partial charge in [0.15, 0.2) is 0 Å². The Hall–Kier alpha value is -2.38. The molecule has 0 saturated carbocycles. The fourth-order valence-corrected chi connectivity index (χ4v) is 1.66. The quantitative estimate of drug-likeness (QED) is 0.832. The molecule has 0 atom stereocenters. The van der Waals surface area contributed by atoms with E-state index in [1.807, 2.05) is 24.3 Å². The lowest BCUT2D eigenvalue weighted by Gasteiger charge is -2.06. The summed E-state index contributed by atoms with van der Waals surface area (Å²) >= 11 is 0. The predicted molar refractivity (Wildman–Crippen MR) is 72.6 cm³/mol. The molecule has 0 unspecified atom stereocenters. The third-order valence-electron chi connectivity index (χ3n) is 2.58. The molecule has 0 radical (unpaired) electrons. The van der Waals surface area contributed by atoms with Crippen molar-refractivity contribution in [1.82, 2.24) is 9.78 Å². The second-order valence-corrected chi connectivity index (χ2v) is 3.95. The minimum absolute atomic E-state index is 0.0505. The topological polar surface area (TPSA) is 55.1 Å². The van der Waals surface area contributed by atoms with Crippen molar-refractivity contribution in [3.8, 4) is 11.8 Å². The highest BCUT2D eigenvalue weighted by Crippen LogP contribution is 2.08. The minimum atomic E-state index is -0.138. The predicted octanol–water partition coefficient (Wildman–Crippen LogP) is 1.03. The molecule has 1 heterocycles. The van der Waals surface area contributed by atoms with E-state index < -0.39 is 0 Å². The minimum Gasteiger partial charge on any atom is -0.395 e. The van der Waals surface area contributed by atoms with Crippen LogP contribution in [0.25, 0.3) is 0 Å². The lowest BCUT2D eigenvalue weighted by atomic mass is 10.1. The van der Waals surface area contributed by atoms with Crippen LogP contribution in [-0.4, -0.2) is 21.5 Å². The van der Waals surface area contributed by atoms with Gasteiger partial charge in [-0.3, -0.25) is 4.79 Å². The van der Waals surface area contributed by atoms with E-state index in [1.54, 1.807) is 12.3 Å². The summed E-state index contributed by atoms with van der Waals surface area (Å²) < 4.78 is 1.40. The summed E-state index contributed by atoms with van der Waals surface area (Å²) in [4.78, 5) is 11.6. The third kappa shape index (κ3) is 3.54. The van der Waals surface area contributed by atoms with Crippen LogP contribution >= 0.6 is 0 Å². The van der Waals surface area contributed by atoms with Gasteiger partial charge in [0.2, 0.25) is 0 Å². The molecule has 0 saturated heterocycles. The van der Waals surface area contributed by atoms with Crippen molar-refractivity contribution < 1.29 is 5.11 Å². The second-order valence-electron chi connectivity index (χ2n) is 3.95. The number of aliphatic hydroxyl groups is 1. The molecule has 0 amide bonds. The molecule has 96 valence electrons. The second kappa shape index (κ2) is 6.53. The van der Waals surface area contributed by atoms with Crippen LogP contribution in [0.3, 0.4) is 0 Å². The van der Waals surface area contributed by atoms with Gasteiger partial charge >= 0.3 is 0 Å². The number of aliphatic hydroxyl groups excluding tert-OH is 1. The Labute approximate surface area is 111 Å². The molecule has 1 aromatic heterocycles. The Morgan fingerprint density at radius 1 is 1.21 bits per heavy atom. The zero-order chi connectivity index (χ0) is 13.5. The van der Waals surface area contributed by atoms with E-state index in [2.05, 4.69) is 16.9 Å². The summed E-state index contributed by atoms with van der Waals surface area (Å²) in [6.45, 7) is 0.443. The monoisotopic (exact) mass is 254 g/mol. The van der Waals surface area contributed by atoms with Gasteiger partial charge in [-0.2, -0.15) is 5.10 Å². The molecule has 2 aromatic rings. The highest BCUT2D eigenvalue weighted by molar-refractivity contribution is 5.41. The van der Waals surface area contributed by atoms with E-state index in [-0.39, 0.29) is 12.2 Å². The molecule has 4 nitrogen and oxygen atoms in total. The first-order chi connectivity index (χ1) is 9.31. The van der Waals surface area contributed by atoms with Crippen molar-refractivity contribution in [2.45, 2.75) is 13.0 Å². The van der Waals surface area contributed by atoms with E-state index >= 15 is 0 Å². The lowest BCUT2D eigenvalue weighted by molar-refractivity contribution is 0.305. The standard InChI is InChI=1S/C15H14N2O2/c18-11-4-3-7-13-6-1-2-8-14(13)12-17-15(19)9-5-10-16-17/h1-2,5-6,8-10,18H,4,11-12H2. The zero-order valence-corrected chi connectivity index (χ0v) is 10.4. The summed E-state index contributed by atoms with van der Waals surface area (Å²) in [6.07, 6.45) is 2.03. The molecule has 1 N–H and O–H groups in total. The molecule has 0 aliphatic carbocycles. The molecule has 0 bridgehead atoms. The van der Waals surface area contributed by atoms with Gasteiger partial charge in [-0.25, -0.2) is 4.68 Å². The average molecular weight is 254 g/mol. The van der Waals surface area contributed by atoms with Gasteiger partial charge < -0.3 is 5.11 Å². The van der Waals surface area contributed by atoms with Crippen LogP contribution < -0.4 is 5.56 Å². The highest BCUT2D eigenvalue weighted by Gasteiger charge is 2.02. The summed E-state index contributed by atoms with van der Waals surface area (Å²) in [6, 6.07) is 10.7. The Morgan fingerprint density at radius 2 is 2.05 bits per heavy atom. The summed E-state index contributed by atoms with van der Waals surface area (Å²) in [5.74, 6) is 5.89. The lowest BCUT2D eigenvalue weighted by Crippen LogP contribution is -2.22. The van der Waals surface area contributed by atoms with Gasteiger partial charge in [0.25, 0.3) is 5.56 Å². The van der Waals surface area contributed by atoms with Crippen molar-refractivity contribution in [3.05, 3.63) is 64.1 Å². The van der Waals surface area contributed by atoms with E-state index in [0.29, 0.717) is 13.0 Å². The third-order valence-corrected chi connectivity index (χ3v) is 2.58. The summed E-state index contributed by atoms with van der Waals surface area (Å²) in [5.41, 5.74) is 1.66. The molecule has 0 spiro atoms. The van der Waals surface area contributed by atoms with Gasteiger partial charge in [0.1, 0.15) is 0 Å². The van der Waals surface area contributed by atoms with E-state index in [4.69, 9.17) is 5.11 Å². The normalized spacial score (nSPS) is 9.74. The number of hydrogen-bond donors (Lipinski definition) is 1. The molecule has 0 aliphatic rings. The summed E-state index contributed by atoms with van der Waals surface area (Å²) in [5, 5.41) is 12.8. The summed E-state index contributed by atoms with van der Waals surface area (Å²) in [7, 11) is 0. The van der Waals surface area contributed by atoms with Crippen LogP contribution in [-0.2, 0) is 6.54 Å². The Bertz CT molecular complexity index is 665. The van der Waals surface area contributed by atoms with Crippen molar-refractivity contribution in [2.75, 3.05) is 6.61 Å². The van der Waals surface area contributed by atoms with Gasteiger partial charge in [0.05, 0.1) is 13.2 Å². The molecule has 0 aliphatic heterocycles. The van der Waals surface area contributed by atoms with Crippen LogP contribution in [0.2, 0.25) is 0 Å². The largest absolute Gasteiger partial charge is 0.395 e. The fraction of sp³-hybridized carbons (Fsp3) is 0.200. The van der Waals surface area contributed by atoms with Crippen molar-refractivity contribution in [3.63, 3.8) is 0 Å². The number of rotatable bonds is 3. The number of hydrogen-bond acceptors (Lipinski definition) is 3. The van der Waals surface area contributed by atoms with E-state index in [9.17, 15) is 4.79 Å². The van der Waals surface area contributed by atoms with Crippen LogP contribution in [0, 0.1) is 11.8 Å². The molecular formula is C15H14N2O2. The molecule has 19 heavy (non-hydrogen) atoms. The van der Waals surface area contributed by atoms with Crippen molar-refractivity contribution >= 4 is 0 Å². The number of aromatic nitrogens is 2. The maximum atomic E-state index is 11.6. The Kier molecular flexibility index (Phi) is 4.49. The van der Waals surface area contributed by atoms with Crippen molar-refractivity contribution in [1.29, 1.82) is 0 Å². The smallest absolute Gasteiger partial charge is 0.267 e. The fourth-order valence-electron chi connectivity index (χ4n) is 1.66. The van der Waals surface area contributed by atoms with Crippen LogP contribution in [0.15, 0.2) is 47.4 Å². The van der Waals surface area contributed by atoms with Crippen LogP contribution in [0.4, 0.5) is 0 Å². The molecule has 4 heteroatoms. The Balaban J connectivity index is 2.29. The first-order valence-corrected chi connectivity index (χ1v) is 6.01. The maximum absolute atomic E-state index is 11.6. The van der Waals surface area contributed by atoms with Gasteiger partial charge in [0, 0.05) is 24.2 Å².